The minimum Gasteiger partial charge on any atom is -0.507 e. The van der Waals surface area contributed by atoms with Gasteiger partial charge in [-0.05, 0) is 18.2 Å². The van der Waals surface area contributed by atoms with Crippen molar-refractivity contribution in [2.24, 2.45) is 19.2 Å². The number of aryl methyl sites for hydroxylation is 1. The fourth-order valence-electron chi connectivity index (χ4n) is 2.51. The number of nitrogens with zero attached hydrogens (tertiary/aromatic N) is 5. The molecule has 0 unspecified atom stereocenters. The van der Waals surface area contributed by atoms with Crippen molar-refractivity contribution in [2.45, 2.75) is 6.54 Å². The average molecular weight is 435 g/mol. The number of halogens is 1. The van der Waals surface area contributed by atoms with Gasteiger partial charge in [-0.3, -0.25) is 18.7 Å². The van der Waals surface area contributed by atoms with Crippen LogP contribution in [0.25, 0.3) is 11.2 Å². The molecule has 10 nitrogen and oxygen atoms in total. The van der Waals surface area contributed by atoms with E-state index in [1.165, 1.54) is 41.8 Å². The Morgan fingerprint density at radius 3 is 2.81 bits per heavy atom. The van der Waals surface area contributed by atoms with Crippen LogP contribution < -0.4 is 16.7 Å². The van der Waals surface area contributed by atoms with E-state index in [2.05, 4.69) is 31.4 Å². The van der Waals surface area contributed by atoms with Gasteiger partial charge in [-0.15, -0.1) is 0 Å². The number of aromatic nitrogens is 4. The van der Waals surface area contributed by atoms with Crippen LogP contribution in [0.5, 0.6) is 5.75 Å². The zero-order valence-electron chi connectivity index (χ0n) is 14.4. The number of phenols is 1. The van der Waals surface area contributed by atoms with Gasteiger partial charge in [-0.1, -0.05) is 15.9 Å². The van der Waals surface area contributed by atoms with Crippen molar-refractivity contribution < 1.29 is 9.90 Å². The molecule has 0 saturated heterocycles. The van der Waals surface area contributed by atoms with Crippen molar-refractivity contribution >= 4 is 39.2 Å². The molecule has 2 heterocycles. The average Bonchev–Trinajstić information content (AvgIpc) is 3.04. The van der Waals surface area contributed by atoms with Gasteiger partial charge in [0.2, 0.25) is 0 Å². The summed E-state index contributed by atoms with van der Waals surface area (Å²) in [5.74, 6) is -0.489. The highest BCUT2D eigenvalue weighted by atomic mass is 79.9. The van der Waals surface area contributed by atoms with E-state index < -0.39 is 17.2 Å². The lowest BCUT2D eigenvalue weighted by Gasteiger charge is -2.06. The minimum absolute atomic E-state index is 0.0150. The second-order valence-electron chi connectivity index (χ2n) is 5.75. The molecule has 0 fully saturated rings. The summed E-state index contributed by atoms with van der Waals surface area (Å²) in [5, 5.41) is 13.5. The molecule has 11 heteroatoms. The van der Waals surface area contributed by atoms with Crippen LogP contribution in [-0.4, -0.2) is 35.9 Å². The van der Waals surface area contributed by atoms with E-state index >= 15 is 0 Å². The molecule has 140 valence electrons. The Balaban J connectivity index is 1.81. The number of fused-ring (bicyclic) bond motifs is 1. The summed E-state index contributed by atoms with van der Waals surface area (Å²) in [6.45, 7) is -0.217. The Morgan fingerprint density at radius 1 is 1.33 bits per heavy atom. The Labute approximate surface area is 160 Å². The van der Waals surface area contributed by atoms with E-state index in [-0.39, 0.29) is 23.5 Å². The molecule has 2 aromatic heterocycles. The van der Waals surface area contributed by atoms with Crippen molar-refractivity contribution in [1.29, 1.82) is 0 Å². The van der Waals surface area contributed by atoms with E-state index in [4.69, 9.17) is 0 Å². The second kappa shape index (κ2) is 7.19. The molecule has 0 aliphatic carbocycles. The zero-order valence-corrected chi connectivity index (χ0v) is 16.0. The highest BCUT2D eigenvalue weighted by Crippen LogP contribution is 2.19. The van der Waals surface area contributed by atoms with Crippen molar-refractivity contribution in [2.75, 3.05) is 0 Å². The summed E-state index contributed by atoms with van der Waals surface area (Å²) in [4.78, 5) is 40.4. The number of aromatic hydroxyl groups is 1. The van der Waals surface area contributed by atoms with Crippen molar-refractivity contribution in [1.82, 2.24) is 24.1 Å². The van der Waals surface area contributed by atoms with Crippen LogP contribution in [0.2, 0.25) is 0 Å². The van der Waals surface area contributed by atoms with Gasteiger partial charge >= 0.3 is 5.69 Å². The Morgan fingerprint density at radius 2 is 2.07 bits per heavy atom. The number of benzene rings is 1. The summed E-state index contributed by atoms with van der Waals surface area (Å²) in [6.07, 6.45) is 2.61. The van der Waals surface area contributed by atoms with E-state index in [0.29, 0.717) is 5.56 Å². The molecule has 1 aromatic carbocycles. The van der Waals surface area contributed by atoms with E-state index in [9.17, 15) is 19.5 Å². The number of carbonyl (C=O) groups excluding carboxylic acids is 1. The number of imidazole rings is 1. The first-order valence-corrected chi connectivity index (χ1v) is 8.50. The summed E-state index contributed by atoms with van der Waals surface area (Å²) in [7, 11) is 2.85. The van der Waals surface area contributed by atoms with Crippen LogP contribution in [0.4, 0.5) is 0 Å². The second-order valence-corrected chi connectivity index (χ2v) is 6.66. The molecule has 3 rings (SSSR count). The third-order valence-electron chi connectivity index (χ3n) is 3.91. The zero-order chi connectivity index (χ0) is 19.7. The maximum absolute atomic E-state index is 12.3. The lowest BCUT2D eigenvalue weighted by Crippen LogP contribution is -2.38. The molecule has 0 aliphatic rings. The molecule has 0 radical (unpaired) electrons. The van der Waals surface area contributed by atoms with Crippen LogP contribution in [-0.2, 0) is 25.4 Å². The first-order chi connectivity index (χ1) is 12.8. The third kappa shape index (κ3) is 3.53. The van der Waals surface area contributed by atoms with Crippen molar-refractivity contribution in [3.8, 4) is 5.75 Å². The van der Waals surface area contributed by atoms with Crippen LogP contribution in [0.1, 0.15) is 5.56 Å². The van der Waals surface area contributed by atoms with Gasteiger partial charge < -0.3 is 9.67 Å². The maximum atomic E-state index is 12.3. The molecule has 3 aromatic rings. The van der Waals surface area contributed by atoms with Crippen molar-refractivity contribution in [3.63, 3.8) is 0 Å². The Kier molecular flexibility index (Phi) is 4.95. The Bertz CT molecular complexity index is 1190. The maximum Gasteiger partial charge on any atom is 0.332 e. The number of nitrogens with one attached hydrogen (secondary N) is 1. The number of hydrazone groups is 1. The smallest absolute Gasteiger partial charge is 0.332 e. The van der Waals surface area contributed by atoms with Crippen LogP contribution in [0.15, 0.2) is 43.7 Å². The quantitative estimate of drug-likeness (QED) is 0.443. The van der Waals surface area contributed by atoms with Crippen LogP contribution >= 0.6 is 15.9 Å². The van der Waals surface area contributed by atoms with Gasteiger partial charge in [0.25, 0.3) is 11.5 Å². The van der Waals surface area contributed by atoms with Gasteiger partial charge in [-0.25, -0.2) is 15.2 Å². The topological polar surface area (TPSA) is 124 Å². The first-order valence-electron chi connectivity index (χ1n) is 7.71. The highest BCUT2D eigenvalue weighted by molar-refractivity contribution is 9.10. The number of carbonyl (C=O) groups is 1. The molecule has 0 bridgehead atoms. The lowest BCUT2D eigenvalue weighted by atomic mass is 10.2. The van der Waals surface area contributed by atoms with Crippen LogP contribution in [0.3, 0.4) is 0 Å². The number of hydrogen-bond acceptors (Lipinski definition) is 6. The molecule has 0 aliphatic heterocycles. The molecule has 27 heavy (non-hydrogen) atoms. The lowest BCUT2D eigenvalue weighted by molar-refractivity contribution is -0.121. The number of hydrogen-bond donors (Lipinski definition) is 2. The SMILES string of the molecule is Cn1c(=O)c2c(ncn2CC(=O)N/N=C/c2cc(Br)ccc2O)n(C)c1=O. The predicted octanol–water partition coefficient (Wildman–Crippen LogP) is 0.0521. The van der Waals surface area contributed by atoms with Crippen molar-refractivity contribution in [3.05, 3.63) is 55.4 Å². The molecule has 0 atom stereocenters. The fourth-order valence-corrected chi connectivity index (χ4v) is 2.89. The number of amides is 1. The molecule has 0 spiro atoms. The third-order valence-corrected chi connectivity index (χ3v) is 4.41. The normalized spacial score (nSPS) is 11.4. The van der Waals surface area contributed by atoms with E-state index in [0.717, 1.165) is 9.04 Å². The summed E-state index contributed by atoms with van der Waals surface area (Å²) in [6, 6.07) is 4.80. The number of rotatable bonds is 4. The molecule has 1 amide bonds. The van der Waals surface area contributed by atoms with E-state index in [1.54, 1.807) is 12.1 Å². The summed E-state index contributed by atoms with van der Waals surface area (Å²) < 4.78 is 4.28. The predicted molar refractivity (Wildman–Crippen MR) is 102 cm³/mol. The van der Waals surface area contributed by atoms with Crippen LogP contribution in [0, 0.1) is 0 Å². The molecule has 0 saturated carbocycles. The van der Waals surface area contributed by atoms with Gasteiger partial charge in [0, 0.05) is 24.1 Å². The first kappa shape index (κ1) is 18.6. The molecular weight excluding hydrogens is 420 g/mol. The van der Waals surface area contributed by atoms with Gasteiger partial charge in [0.05, 0.1) is 12.5 Å². The monoisotopic (exact) mass is 434 g/mol. The highest BCUT2D eigenvalue weighted by Gasteiger charge is 2.15. The summed E-state index contributed by atoms with van der Waals surface area (Å²) >= 11 is 3.28. The molecule has 2 N–H and O–H groups in total. The van der Waals surface area contributed by atoms with Gasteiger partial charge in [-0.2, -0.15) is 5.10 Å². The fraction of sp³-hybridized carbons (Fsp3) is 0.188. The number of phenolic OH excluding ortho intramolecular Hbond substituents is 1. The van der Waals surface area contributed by atoms with Gasteiger partial charge in [0.1, 0.15) is 12.3 Å². The standard InChI is InChI=1S/C16H15BrN6O4/c1-21-14-13(15(26)22(2)16(21)27)23(8-18-14)7-12(25)20-19-6-9-5-10(17)3-4-11(9)24/h3-6,8,24H,7H2,1-2H3,(H,20,25)/b19-6+. The largest absolute Gasteiger partial charge is 0.507 e. The van der Waals surface area contributed by atoms with Gasteiger partial charge in [0.15, 0.2) is 11.2 Å². The molecular formula is C16H15BrN6O4. The Hall–Kier alpha value is -3.21. The minimum atomic E-state index is -0.541. The van der Waals surface area contributed by atoms with E-state index in [1.807, 2.05) is 0 Å². The summed E-state index contributed by atoms with van der Waals surface area (Å²) in [5.41, 5.74) is 2.03.